The second-order valence-electron chi connectivity index (χ2n) is 6.64. The highest BCUT2D eigenvalue weighted by Gasteiger charge is 2.07. The van der Waals surface area contributed by atoms with Gasteiger partial charge in [0.25, 0.3) is 0 Å². The zero-order chi connectivity index (χ0) is 20.5. The third kappa shape index (κ3) is 10.1. The van der Waals surface area contributed by atoms with Crippen LogP contribution >= 0.6 is 0 Å². The molecule has 1 N–H and O–H groups in total. The number of nitrogens with zero attached hydrogens (tertiary/aromatic N) is 1. The Bertz CT molecular complexity index is 619. The molecule has 1 saturated heterocycles. The topological polar surface area (TPSA) is 24.5 Å². The van der Waals surface area contributed by atoms with Gasteiger partial charge in [-0.2, -0.15) is 0 Å². The van der Waals surface area contributed by atoms with E-state index in [9.17, 15) is 0 Å². The van der Waals surface area contributed by atoms with Gasteiger partial charge < -0.3 is 15.0 Å². The molecule has 1 aliphatic heterocycles. The number of rotatable bonds is 5. The summed E-state index contributed by atoms with van der Waals surface area (Å²) in [6.45, 7) is 14.7. The Kier molecular flexibility index (Phi) is 13.3. The predicted molar refractivity (Wildman–Crippen MR) is 122 cm³/mol. The number of methoxy groups -OCH3 is 1. The van der Waals surface area contributed by atoms with Gasteiger partial charge >= 0.3 is 0 Å². The molecule has 0 spiro atoms. The highest BCUT2D eigenvalue weighted by molar-refractivity contribution is 5.75. The van der Waals surface area contributed by atoms with Crippen LogP contribution in [0.1, 0.15) is 26.2 Å². The molecule has 1 aromatic rings. The average molecular weight is 381 g/mol. The molecule has 28 heavy (non-hydrogen) atoms. The summed E-state index contributed by atoms with van der Waals surface area (Å²) in [5, 5.41) is 3.36. The lowest BCUT2D eigenvalue weighted by Crippen LogP contribution is -2.43. The van der Waals surface area contributed by atoms with Crippen molar-refractivity contribution in [2.24, 2.45) is 0 Å². The normalized spacial score (nSPS) is 13.2. The van der Waals surface area contributed by atoms with Crippen molar-refractivity contribution in [2.75, 3.05) is 39.8 Å². The van der Waals surface area contributed by atoms with E-state index in [1.165, 1.54) is 63.1 Å². The van der Waals surface area contributed by atoms with Crippen molar-refractivity contribution in [2.45, 2.75) is 26.2 Å². The van der Waals surface area contributed by atoms with Crippen molar-refractivity contribution in [1.29, 1.82) is 0 Å². The van der Waals surface area contributed by atoms with Gasteiger partial charge in [-0.25, -0.2) is 0 Å². The monoisotopic (exact) mass is 380 g/mol. The first kappa shape index (κ1) is 23.7. The van der Waals surface area contributed by atoms with Gasteiger partial charge in [0.05, 0.1) is 7.11 Å². The fraction of sp³-hybridized carbons (Fsp3) is 0.400. The van der Waals surface area contributed by atoms with Crippen molar-refractivity contribution in [3.63, 3.8) is 0 Å². The Balaban J connectivity index is 0.000000202. The molecular weight excluding hydrogens is 344 g/mol. The van der Waals surface area contributed by atoms with Crippen molar-refractivity contribution >= 4 is 0 Å². The Morgan fingerprint density at radius 2 is 1.46 bits per heavy atom. The quantitative estimate of drug-likeness (QED) is 0.474. The number of hydrogen-bond donors (Lipinski definition) is 1. The molecule has 2 aliphatic carbocycles. The molecule has 3 heteroatoms. The second kappa shape index (κ2) is 15.7. The van der Waals surface area contributed by atoms with Crippen molar-refractivity contribution in [3.8, 4) is 16.9 Å². The first-order valence-corrected chi connectivity index (χ1v) is 10.2. The molecular formula is C25H36N2O. The number of ether oxygens (including phenoxy) is 1. The maximum atomic E-state index is 4.91. The summed E-state index contributed by atoms with van der Waals surface area (Å²) in [6, 6.07) is 18.2. The largest absolute Gasteiger partial charge is 0.497 e. The molecule has 3 aliphatic rings. The minimum Gasteiger partial charge on any atom is -0.497 e. The second-order valence-corrected chi connectivity index (χ2v) is 6.64. The number of hydrogen-bond acceptors (Lipinski definition) is 3. The molecule has 152 valence electrons. The number of unbranched alkanes of at least 4 members (excludes halogenated alkanes) is 2. The van der Waals surface area contributed by atoms with Gasteiger partial charge in [-0.1, -0.05) is 75.4 Å². The molecule has 3 nitrogen and oxygen atoms in total. The summed E-state index contributed by atoms with van der Waals surface area (Å²) in [7, 11) is 1.66. The summed E-state index contributed by atoms with van der Waals surface area (Å²) >= 11 is 0. The molecule has 0 amide bonds. The first-order valence-electron chi connectivity index (χ1n) is 10.2. The third-order valence-electron chi connectivity index (χ3n) is 4.48. The standard InChI is InChI=1S/C9H20N2.C7H8O.C6H4.C3H4/c1-2-3-4-7-11-8-5-10-6-9-11;1-8-7-5-3-2-4-6-7;1-2-6-4-3-5(1)6;1-3-2/h10H,2-9H2,1H3;2-6H,1H3;1-4H;1-2H2. The fourth-order valence-corrected chi connectivity index (χ4v) is 2.74. The fourth-order valence-electron chi connectivity index (χ4n) is 2.74. The molecule has 1 aromatic carbocycles. The zero-order valence-corrected chi connectivity index (χ0v) is 17.6. The molecule has 0 atom stereocenters. The Labute approximate surface area is 171 Å². The van der Waals surface area contributed by atoms with E-state index in [0.29, 0.717) is 0 Å². The molecule has 0 radical (unpaired) electrons. The van der Waals surface area contributed by atoms with E-state index in [1.807, 2.05) is 30.3 Å². The van der Waals surface area contributed by atoms with E-state index in [2.05, 4.69) is 60.3 Å². The maximum Gasteiger partial charge on any atom is 0.118 e. The van der Waals surface area contributed by atoms with Crippen LogP contribution in [0.5, 0.6) is 5.75 Å². The van der Waals surface area contributed by atoms with Crippen LogP contribution in [0, 0.1) is 0 Å². The van der Waals surface area contributed by atoms with Gasteiger partial charge in [0.2, 0.25) is 0 Å². The van der Waals surface area contributed by atoms with Crippen molar-refractivity contribution in [3.05, 3.63) is 73.5 Å². The third-order valence-corrected chi connectivity index (χ3v) is 4.48. The highest BCUT2D eigenvalue weighted by Crippen LogP contribution is 2.29. The molecule has 0 saturated carbocycles. The lowest BCUT2D eigenvalue weighted by molar-refractivity contribution is 0.236. The smallest absolute Gasteiger partial charge is 0.118 e. The number of para-hydroxylation sites is 1. The van der Waals surface area contributed by atoms with E-state index < -0.39 is 0 Å². The maximum absolute atomic E-state index is 4.91. The molecule has 0 aromatic heterocycles. The Morgan fingerprint density at radius 3 is 1.82 bits per heavy atom. The minimum atomic E-state index is 0.910. The lowest BCUT2D eigenvalue weighted by Gasteiger charge is -2.26. The lowest BCUT2D eigenvalue weighted by atomic mass is 9.95. The SMILES string of the molecule is C=C=C.CCCCCN1CCNCC1.COc1ccccc1.c1cc2ccc1-2. The Morgan fingerprint density at radius 1 is 0.929 bits per heavy atom. The molecule has 0 unspecified atom stereocenters. The minimum absolute atomic E-state index is 0.910. The van der Waals surface area contributed by atoms with Gasteiger partial charge in [0, 0.05) is 26.2 Å². The van der Waals surface area contributed by atoms with Gasteiger partial charge in [-0.3, -0.25) is 0 Å². The van der Waals surface area contributed by atoms with E-state index in [0.717, 1.165) is 5.75 Å². The summed E-state index contributed by atoms with van der Waals surface area (Å²) < 4.78 is 4.91. The summed E-state index contributed by atoms with van der Waals surface area (Å²) in [4.78, 5) is 2.56. The molecule has 1 heterocycles. The van der Waals surface area contributed by atoms with E-state index in [-0.39, 0.29) is 0 Å². The van der Waals surface area contributed by atoms with Gasteiger partial charge in [0.15, 0.2) is 0 Å². The Hall–Kier alpha value is -2.32. The number of fused-ring (bicyclic) bond motifs is 1. The molecule has 0 bridgehead atoms. The first-order chi connectivity index (χ1) is 13.7. The van der Waals surface area contributed by atoms with Crippen LogP contribution in [0.25, 0.3) is 11.1 Å². The van der Waals surface area contributed by atoms with Crippen LogP contribution in [0.4, 0.5) is 0 Å². The molecule has 4 rings (SSSR count). The van der Waals surface area contributed by atoms with Crippen molar-refractivity contribution in [1.82, 2.24) is 10.2 Å². The summed E-state index contributed by atoms with van der Waals surface area (Å²) in [6.07, 6.45) is 4.12. The van der Waals surface area contributed by atoms with Crippen LogP contribution in [0.15, 0.2) is 73.5 Å². The van der Waals surface area contributed by atoms with Crippen LogP contribution in [-0.2, 0) is 0 Å². The van der Waals surface area contributed by atoms with E-state index in [1.54, 1.807) is 7.11 Å². The summed E-state index contributed by atoms with van der Waals surface area (Å²) in [5.74, 6) is 0.910. The van der Waals surface area contributed by atoms with Gasteiger partial charge in [-0.15, -0.1) is 5.73 Å². The van der Waals surface area contributed by atoms with Crippen LogP contribution in [0.3, 0.4) is 0 Å². The van der Waals surface area contributed by atoms with Gasteiger partial charge in [0.1, 0.15) is 5.75 Å². The number of nitrogens with one attached hydrogen (secondary N) is 1. The number of benzene rings is 2. The zero-order valence-electron chi connectivity index (χ0n) is 17.6. The number of piperazine rings is 1. The predicted octanol–water partition coefficient (Wildman–Crippen LogP) is 5.40. The summed E-state index contributed by atoms with van der Waals surface area (Å²) in [5.41, 5.74) is 5.10. The molecule has 1 fully saturated rings. The van der Waals surface area contributed by atoms with Crippen molar-refractivity contribution < 1.29 is 4.74 Å². The van der Waals surface area contributed by atoms with Gasteiger partial charge in [-0.05, 0) is 36.2 Å². The van der Waals surface area contributed by atoms with E-state index in [4.69, 9.17) is 4.74 Å². The highest BCUT2D eigenvalue weighted by atomic mass is 16.5. The van der Waals surface area contributed by atoms with Crippen LogP contribution in [-0.4, -0.2) is 44.7 Å². The van der Waals surface area contributed by atoms with Crippen LogP contribution < -0.4 is 10.1 Å². The van der Waals surface area contributed by atoms with Crippen LogP contribution in [0.2, 0.25) is 0 Å². The van der Waals surface area contributed by atoms with E-state index >= 15 is 0 Å². The average Bonchev–Trinajstić information content (AvgIpc) is 2.74.